The third-order valence-electron chi connectivity index (χ3n) is 5.38. The van der Waals surface area contributed by atoms with E-state index in [2.05, 4.69) is 5.32 Å². The highest BCUT2D eigenvalue weighted by molar-refractivity contribution is 5.85. The van der Waals surface area contributed by atoms with Crippen LogP contribution in [0.3, 0.4) is 0 Å². The molecule has 0 aromatic heterocycles. The molecule has 0 bridgehead atoms. The normalized spacial score (nSPS) is 21.3. The lowest BCUT2D eigenvalue weighted by molar-refractivity contribution is -0.140. The van der Waals surface area contributed by atoms with Gasteiger partial charge in [-0.2, -0.15) is 0 Å². The first-order chi connectivity index (χ1) is 12.9. The summed E-state index contributed by atoms with van der Waals surface area (Å²) in [7, 11) is 1.80. The van der Waals surface area contributed by atoms with Gasteiger partial charge in [-0.05, 0) is 44.4 Å². The number of nitrogens with one attached hydrogen (secondary N) is 1. The molecule has 1 aromatic carbocycles. The summed E-state index contributed by atoms with van der Waals surface area (Å²) in [6, 6.07) is 6.61. The van der Waals surface area contributed by atoms with Gasteiger partial charge in [0, 0.05) is 51.6 Å². The van der Waals surface area contributed by atoms with Crippen LogP contribution < -0.4 is 5.32 Å². The lowest BCUT2D eigenvalue weighted by Crippen LogP contribution is -2.42. The largest absolute Gasteiger partial charge is 0.344 e. The summed E-state index contributed by atoms with van der Waals surface area (Å²) in [5, 5.41) is 3.48. The van der Waals surface area contributed by atoms with E-state index in [0.717, 1.165) is 24.8 Å². The van der Waals surface area contributed by atoms with Crippen molar-refractivity contribution >= 4 is 11.8 Å². The van der Waals surface area contributed by atoms with Gasteiger partial charge in [0.25, 0.3) is 0 Å². The van der Waals surface area contributed by atoms with Crippen LogP contribution in [0.1, 0.15) is 45.1 Å². The van der Waals surface area contributed by atoms with Crippen molar-refractivity contribution in [3.63, 3.8) is 0 Å². The molecule has 1 aliphatic rings. The van der Waals surface area contributed by atoms with Gasteiger partial charge >= 0.3 is 0 Å². The van der Waals surface area contributed by atoms with E-state index in [4.69, 9.17) is 0 Å². The van der Waals surface area contributed by atoms with E-state index in [-0.39, 0.29) is 36.0 Å². The van der Waals surface area contributed by atoms with Crippen molar-refractivity contribution in [2.45, 2.75) is 52.1 Å². The Morgan fingerprint density at radius 1 is 1.22 bits per heavy atom. The minimum absolute atomic E-state index is 0.0241. The molecule has 1 aliphatic heterocycles. The van der Waals surface area contributed by atoms with Crippen LogP contribution in [-0.2, 0) is 16.1 Å². The molecule has 2 rings (SSSR count). The molecule has 0 saturated carbocycles. The Labute approximate surface area is 161 Å². The third-order valence-corrected chi connectivity index (χ3v) is 5.38. The lowest BCUT2D eigenvalue weighted by Gasteiger charge is -2.26. The summed E-state index contributed by atoms with van der Waals surface area (Å²) in [6.07, 6.45) is 2.83. The molecule has 150 valence electrons. The molecule has 5 nitrogen and oxygen atoms in total. The summed E-state index contributed by atoms with van der Waals surface area (Å²) in [5.74, 6) is -0.346. The molecule has 2 atom stereocenters. The lowest BCUT2D eigenvalue weighted by atomic mass is 9.95. The fraction of sp³-hybridized carbons (Fsp3) is 0.619. The van der Waals surface area contributed by atoms with Gasteiger partial charge in [-0.15, -0.1) is 0 Å². The number of rotatable bonds is 6. The molecule has 1 N–H and O–H groups in total. The zero-order valence-corrected chi connectivity index (χ0v) is 16.7. The van der Waals surface area contributed by atoms with Gasteiger partial charge < -0.3 is 15.1 Å². The van der Waals surface area contributed by atoms with Crippen LogP contribution in [0.15, 0.2) is 24.3 Å². The van der Waals surface area contributed by atoms with Crippen molar-refractivity contribution in [2.75, 3.05) is 26.7 Å². The Balaban J connectivity index is 1.98. The molecular formula is C21H32FN3O2. The first kappa shape index (κ1) is 21.4. The molecule has 0 unspecified atom stereocenters. The van der Waals surface area contributed by atoms with Crippen molar-refractivity contribution < 1.29 is 14.0 Å². The highest BCUT2D eigenvalue weighted by atomic mass is 19.1. The van der Waals surface area contributed by atoms with Crippen molar-refractivity contribution in [3.05, 3.63) is 35.6 Å². The maximum absolute atomic E-state index is 13.0. The highest BCUT2D eigenvalue weighted by Gasteiger charge is 2.29. The standard InChI is InChI=1S/C21H32FN3O2/c1-4-25(5-2)21(27)17-7-6-8-19(15-24(3)20(26)13-17)23-14-16-9-11-18(22)12-10-16/h9-12,17,19,23H,4-8,13-15H2,1-3H3/t17-,19-/m1/s1. The number of hydrogen-bond donors (Lipinski definition) is 1. The molecule has 0 radical (unpaired) electrons. The van der Waals surface area contributed by atoms with Gasteiger partial charge in [0.2, 0.25) is 11.8 Å². The van der Waals surface area contributed by atoms with Crippen LogP contribution in [0.25, 0.3) is 0 Å². The zero-order chi connectivity index (χ0) is 19.8. The summed E-state index contributed by atoms with van der Waals surface area (Å²) >= 11 is 0. The van der Waals surface area contributed by atoms with Crippen LogP contribution in [0.2, 0.25) is 0 Å². The van der Waals surface area contributed by atoms with Gasteiger partial charge in [0.15, 0.2) is 0 Å². The molecule has 1 fully saturated rings. The SMILES string of the molecule is CCN(CC)C(=O)[C@@H]1CCC[C@@H](NCc2ccc(F)cc2)CN(C)C(=O)C1. The van der Waals surface area contributed by atoms with E-state index in [1.165, 1.54) is 12.1 Å². The summed E-state index contributed by atoms with van der Waals surface area (Å²) in [5.41, 5.74) is 1.01. The number of carbonyl (C=O) groups excluding carboxylic acids is 2. The monoisotopic (exact) mass is 377 g/mol. The molecule has 6 heteroatoms. The summed E-state index contributed by atoms with van der Waals surface area (Å²) in [4.78, 5) is 28.8. The van der Waals surface area contributed by atoms with Crippen LogP contribution >= 0.6 is 0 Å². The Hall–Kier alpha value is -1.95. The highest BCUT2D eigenvalue weighted by Crippen LogP contribution is 2.21. The van der Waals surface area contributed by atoms with Crippen molar-refractivity contribution in [1.29, 1.82) is 0 Å². The van der Waals surface area contributed by atoms with Crippen LogP contribution in [0.5, 0.6) is 0 Å². The fourth-order valence-corrected chi connectivity index (χ4v) is 3.64. The van der Waals surface area contributed by atoms with Crippen molar-refractivity contribution in [2.24, 2.45) is 5.92 Å². The van der Waals surface area contributed by atoms with E-state index in [1.54, 1.807) is 24.1 Å². The Morgan fingerprint density at radius 2 is 1.89 bits per heavy atom. The van der Waals surface area contributed by atoms with E-state index >= 15 is 0 Å². The van der Waals surface area contributed by atoms with Crippen molar-refractivity contribution in [1.82, 2.24) is 15.1 Å². The molecular weight excluding hydrogens is 345 g/mol. The van der Waals surface area contributed by atoms with E-state index in [1.807, 2.05) is 18.7 Å². The Kier molecular flexibility index (Phi) is 8.23. The quantitative estimate of drug-likeness (QED) is 0.829. The summed E-state index contributed by atoms with van der Waals surface area (Å²) < 4.78 is 13.0. The van der Waals surface area contributed by atoms with Crippen LogP contribution in [-0.4, -0.2) is 54.3 Å². The number of likely N-dealkylation sites (N-methyl/N-ethyl adjacent to an activating group) is 1. The van der Waals surface area contributed by atoms with Gasteiger partial charge in [-0.25, -0.2) is 4.39 Å². The second-order valence-electron chi connectivity index (χ2n) is 7.32. The Bertz CT molecular complexity index is 616. The third kappa shape index (κ3) is 6.31. The number of hydrogen-bond acceptors (Lipinski definition) is 3. The first-order valence-electron chi connectivity index (χ1n) is 9.95. The van der Waals surface area contributed by atoms with Gasteiger partial charge in [-0.1, -0.05) is 18.6 Å². The number of nitrogens with zero attached hydrogens (tertiary/aromatic N) is 2. The average molecular weight is 378 g/mol. The minimum atomic E-state index is -0.240. The number of halogens is 1. The molecule has 2 amide bonds. The van der Waals surface area contributed by atoms with E-state index < -0.39 is 0 Å². The molecule has 1 aromatic rings. The predicted octanol–water partition coefficient (Wildman–Crippen LogP) is 2.80. The molecule has 1 heterocycles. The smallest absolute Gasteiger partial charge is 0.226 e. The van der Waals surface area contributed by atoms with Crippen LogP contribution in [0, 0.1) is 11.7 Å². The average Bonchev–Trinajstić information content (AvgIpc) is 2.72. The second kappa shape index (κ2) is 10.4. The molecule has 27 heavy (non-hydrogen) atoms. The predicted molar refractivity (Wildman–Crippen MR) is 105 cm³/mol. The second-order valence-corrected chi connectivity index (χ2v) is 7.32. The number of amides is 2. The van der Waals surface area contributed by atoms with Gasteiger partial charge in [0.1, 0.15) is 5.82 Å². The molecule has 0 aliphatic carbocycles. The molecule has 0 spiro atoms. The topological polar surface area (TPSA) is 52.7 Å². The van der Waals surface area contributed by atoms with E-state index in [9.17, 15) is 14.0 Å². The van der Waals surface area contributed by atoms with Gasteiger partial charge in [0.05, 0.1) is 0 Å². The van der Waals surface area contributed by atoms with Crippen LogP contribution in [0.4, 0.5) is 4.39 Å². The van der Waals surface area contributed by atoms with E-state index in [0.29, 0.717) is 26.2 Å². The number of carbonyl (C=O) groups is 2. The van der Waals surface area contributed by atoms with Gasteiger partial charge in [-0.3, -0.25) is 9.59 Å². The first-order valence-corrected chi connectivity index (χ1v) is 9.95. The minimum Gasteiger partial charge on any atom is -0.344 e. The number of benzene rings is 1. The fourth-order valence-electron chi connectivity index (χ4n) is 3.64. The molecule has 1 saturated heterocycles. The maximum atomic E-state index is 13.0. The van der Waals surface area contributed by atoms with Crippen molar-refractivity contribution in [3.8, 4) is 0 Å². The summed E-state index contributed by atoms with van der Waals surface area (Å²) in [6.45, 7) is 6.55. The zero-order valence-electron chi connectivity index (χ0n) is 16.7. The maximum Gasteiger partial charge on any atom is 0.226 e. The Morgan fingerprint density at radius 3 is 2.52 bits per heavy atom.